The molecule has 2 rings (SSSR count). The van der Waals surface area contributed by atoms with E-state index in [4.69, 9.17) is 4.52 Å². The van der Waals surface area contributed by atoms with Gasteiger partial charge in [-0.25, -0.2) is 9.97 Å². The highest BCUT2D eigenvalue weighted by molar-refractivity contribution is 5.58. The Balaban J connectivity index is 2.06. The van der Waals surface area contributed by atoms with Gasteiger partial charge in [0.2, 0.25) is 5.89 Å². The summed E-state index contributed by atoms with van der Waals surface area (Å²) in [5.74, 6) is 3.36. The van der Waals surface area contributed by atoms with E-state index in [1.165, 1.54) is 0 Å². The molecular formula is C14H22N6O. The fraction of sp³-hybridized carbons (Fsp3) is 0.571. The maximum Gasteiger partial charge on any atom is 0.228 e. The van der Waals surface area contributed by atoms with Crippen molar-refractivity contribution >= 4 is 11.6 Å². The average molecular weight is 290 g/mol. The predicted octanol–water partition coefficient (Wildman–Crippen LogP) is 2.38. The summed E-state index contributed by atoms with van der Waals surface area (Å²) in [5.41, 5.74) is 1.10. The van der Waals surface area contributed by atoms with Gasteiger partial charge in [-0.1, -0.05) is 19.0 Å². The van der Waals surface area contributed by atoms with Crippen LogP contribution in [0.15, 0.2) is 10.9 Å². The van der Waals surface area contributed by atoms with Crippen LogP contribution in [0, 0.1) is 6.92 Å². The van der Waals surface area contributed by atoms with Crippen molar-refractivity contribution in [1.29, 1.82) is 0 Å². The van der Waals surface area contributed by atoms with Gasteiger partial charge in [-0.3, -0.25) is 0 Å². The van der Waals surface area contributed by atoms with Gasteiger partial charge >= 0.3 is 0 Å². The first-order valence-corrected chi connectivity index (χ1v) is 7.23. The molecule has 0 saturated carbocycles. The molecule has 0 aliphatic carbocycles. The van der Waals surface area contributed by atoms with Gasteiger partial charge in [-0.15, -0.1) is 0 Å². The molecule has 0 saturated heterocycles. The summed E-state index contributed by atoms with van der Waals surface area (Å²) in [6.45, 7) is 9.64. The van der Waals surface area contributed by atoms with Crippen LogP contribution in [-0.2, 0) is 6.42 Å². The average Bonchev–Trinajstić information content (AvgIpc) is 2.85. The van der Waals surface area contributed by atoms with Crippen LogP contribution in [0.3, 0.4) is 0 Å². The zero-order valence-electron chi connectivity index (χ0n) is 13.0. The fourth-order valence-electron chi connectivity index (χ4n) is 2.12. The maximum absolute atomic E-state index is 5.10. The van der Waals surface area contributed by atoms with Crippen LogP contribution in [0.25, 0.3) is 0 Å². The second-order valence-corrected chi connectivity index (χ2v) is 5.08. The van der Waals surface area contributed by atoms with Crippen molar-refractivity contribution in [2.45, 2.75) is 40.0 Å². The molecule has 0 fully saturated rings. The Morgan fingerprint density at radius 1 is 1.19 bits per heavy atom. The van der Waals surface area contributed by atoms with E-state index in [0.717, 1.165) is 23.7 Å². The van der Waals surface area contributed by atoms with Crippen molar-refractivity contribution in [1.82, 2.24) is 20.1 Å². The van der Waals surface area contributed by atoms with Crippen molar-refractivity contribution in [2.24, 2.45) is 0 Å². The minimum Gasteiger partial charge on any atom is -0.370 e. The summed E-state index contributed by atoms with van der Waals surface area (Å²) in [6.07, 6.45) is 2.24. The van der Waals surface area contributed by atoms with Crippen LogP contribution >= 0.6 is 0 Å². The minimum atomic E-state index is 0.327. The third-order valence-electron chi connectivity index (χ3n) is 3.01. The molecule has 0 amide bonds. The number of hydrogen-bond acceptors (Lipinski definition) is 7. The van der Waals surface area contributed by atoms with E-state index in [1.807, 2.05) is 6.92 Å². The van der Waals surface area contributed by atoms with E-state index < -0.39 is 0 Å². The molecule has 0 atom stereocenters. The molecule has 2 heterocycles. The number of rotatable bonds is 7. The lowest BCUT2D eigenvalue weighted by Gasteiger charge is -2.17. The summed E-state index contributed by atoms with van der Waals surface area (Å²) in [7, 11) is 0. The van der Waals surface area contributed by atoms with Gasteiger partial charge in [-0.2, -0.15) is 4.98 Å². The molecule has 2 N–H and O–H groups in total. The number of nitrogens with zero attached hydrogens (tertiary/aromatic N) is 4. The first-order valence-electron chi connectivity index (χ1n) is 7.23. The number of anilines is 2. The van der Waals surface area contributed by atoms with Crippen molar-refractivity contribution in [3.8, 4) is 0 Å². The third-order valence-corrected chi connectivity index (χ3v) is 3.01. The lowest BCUT2D eigenvalue weighted by atomic mass is 10.0. The molecule has 0 aliphatic rings. The number of hydrogen-bond donors (Lipinski definition) is 2. The summed E-state index contributed by atoms with van der Waals surface area (Å²) < 4.78 is 5.10. The molecule has 0 aromatic carbocycles. The molecule has 21 heavy (non-hydrogen) atoms. The fourth-order valence-corrected chi connectivity index (χ4v) is 2.12. The van der Waals surface area contributed by atoms with E-state index >= 15 is 0 Å². The minimum absolute atomic E-state index is 0.327. The highest BCUT2D eigenvalue weighted by atomic mass is 16.5. The second-order valence-electron chi connectivity index (χ2n) is 5.08. The van der Waals surface area contributed by atoms with Crippen molar-refractivity contribution in [2.75, 3.05) is 23.7 Å². The Morgan fingerprint density at radius 2 is 1.90 bits per heavy atom. The highest BCUT2D eigenvalue weighted by Crippen LogP contribution is 2.28. The van der Waals surface area contributed by atoms with E-state index in [2.05, 4.69) is 51.5 Å². The third kappa shape index (κ3) is 3.90. The second kappa shape index (κ2) is 7.01. The molecular weight excluding hydrogens is 268 g/mol. The largest absolute Gasteiger partial charge is 0.370 e. The van der Waals surface area contributed by atoms with Crippen LogP contribution in [0.1, 0.15) is 44.0 Å². The normalized spacial score (nSPS) is 10.9. The van der Waals surface area contributed by atoms with E-state index in [1.54, 1.807) is 6.33 Å². The van der Waals surface area contributed by atoms with E-state index in [0.29, 0.717) is 30.6 Å². The first-order chi connectivity index (χ1) is 10.1. The van der Waals surface area contributed by atoms with Gasteiger partial charge in [0, 0.05) is 25.1 Å². The van der Waals surface area contributed by atoms with Gasteiger partial charge in [0.1, 0.15) is 18.0 Å². The van der Waals surface area contributed by atoms with Crippen molar-refractivity contribution < 1.29 is 4.52 Å². The van der Waals surface area contributed by atoms with Gasteiger partial charge in [0.25, 0.3) is 0 Å². The Hall–Kier alpha value is -2.18. The smallest absolute Gasteiger partial charge is 0.228 e. The quantitative estimate of drug-likeness (QED) is 0.809. The number of nitrogens with one attached hydrogen (secondary N) is 2. The zero-order chi connectivity index (χ0) is 15.2. The monoisotopic (exact) mass is 290 g/mol. The molecule has 0 spiro atoms. The van der Waals surface area contributed by atoms with E-state index in [-0.39, 0.29) is 0 Å². The maximum atomic E-state index is 5.10. The molecule has 0 unspecified atom stereocenters. The van der Waals surface area contributed by atoms with Gasteiger partial charge in [0.15, 0.2) is 5.82 Å². The zero-order valence-corrected chi connectivity index (χ0v) is 13.0. The van der Waals surface area contributed by atoms with Gasteiger partial charge < -0.3 is 15.2 Å². The van der Waals surface area contributed by atoms with Gasteiger partial charge in [-0.05, 0) is 19.8 Å². The van der Waals surface area contributed by atoms with Crippen LogP contribution in [0.2, 0.25) is 0 Å². The Morgan fingerprint density at radius 3 is 2.48 bits per heavy atom. The Kier molecular flexibility index (Phi) is 5.08. The number of aromatic nitrogens is 4. The summed E-state index contributed by atoms with van der Waals surface area (Å²) in [5, 5.41) is 10.4. The predicted molar refractivity (Wildman–Crippen MR) is 81.5 cm³/mol. The summed E-state index contributed by atoms with van der Waals surface area (Å²) in [6, 6.07) is 0. The van der Waals surface area contributed by atoms with Crippen LogP contribution in [-0.4, -0.2) is 33.2 Å². The SMILES string of the molecule is CCNc1ncnc(NCCc2nc(C)no2)c1C(C)C. The molecule has 0 radical (unpaired) electrons. The Labute approximate surface area is 124 Å². The number of aryl methyl sites for hydroxylation is 1. The molecule has 7 heteroatoms. The molecule has 2 aromatic heterocycles. The lowest BCUT2D eigenvalue weighted by molar-refractivity contribution is 0.377. The molecule has 0 bridgehead atoms. The molecule has 2 aromatic rings. The van der Waals surface area contributed by atoms with Crippen LogP contribution in [0.5, 0.6) is 0 Å². The lowest BCUT2D eigenvalue weighted by Crippen LogP contribution is -2.13. The van der Waals surface area contributed by atoms with Crippen LogP contribution < -0.4 is 10.6 Å². The Bertz CT molecular complexity index is 581. The standard InChI is InChI=1S/C14H22N6O/c1-5-15-13-12(9(2)3)14(18-8-17-13)16-7-6-11-19-10(4)20-21-11/h8-9H,5-7H2,1-4H3,(H2,15,16,17,18). The molecule has 7 nitrogen and oxygen atoms in total. The molecule has 114 valence electrons. The van der Waals surface area contributed by atoms with Gasteiger partial charge in [0.05, 0.1) is 0 Å². The van der Waals surface area contributed by atoms with E-state index in [9.17, 15) is 0 Å². The highest BCUT2D eigenvalue weighted by Gasteiger charge is 2.14. The summed E-state index contributed by atoms with van der Waals surface area (Å²) >= 11 is 0. The van der Waals surface area contributed by atoms with Crippen molar-refractivity contribution in [3.63, 3.8) is 0 Å². The van der Waals surface area contributed by atoms with Crippen LogP contribution in [0.4, 0.5) is 11.6 Å². The first kappa shape index (κ1) is 15.2. The topological polar surface area (TPSA) is 88.8 Å². The molecule has 0 aliphatic heterocycles. The summed E-state index contributed by atoms with van der Waals surface area (Å²) in [4.78, 5) is 12.9. The van der Waals surface area contributed by atoms with Crippen molar-refractivity contribution in [3.05, 3.63) is 23.6 Å².